The van der Waals surface area contributed by atoms with Crippen molar-refractivity contribution >= 4 is 11.6 Å². The van der Waals surface area contributed by atoms with Crippen LogP contribution < -0.4 is 10.5 Å². The molecule has 0 unspecified atom stereocenters. The second-order valence-electron chi connectivity index (χ2n) is 4.60. The van der Waals surface area contributed by atoms with E-state index in [1.54, 1.807) is 12.1 Å². The predicted octanol–water partition coefficient (Wildman–Crippen LogP) is 3.10. The Morgan fingerprint density at radius 3 is 2.52 bits per heavy atom. The average molecular weight is 286 g/mol. The number of ether oxygens (including phenoxy) is 1. The Balaban J connectivity index is 2.46. The highest BCUT2D eigenvalue weighted by atomic mass is 16.6. The Bertz CT molecular complexity index is 726. The molecule has 2 N–H and O–H groups in total. The third-order valence-electron chi connectivity index (χ3n) is 3.21. The Morgan fingerprint density at radius 1 is 1.19 bits per heavy atom. The fraction of sp³-hybridized carbons (Fsp3) is 0.133. The van der Waals surface area contributed by atoms with Crippen LogP contribution in [-0.4, -0.2) is 10.8 Å². The third-order valence-corrected chi connectivity index (χ3v) is 3.21. The van der Waals surface area contributed by atoms with Crippen molar-refractivity contribution in [3.8, 4) is 11.5 Å². The monoisotopic (exact) mass is 286 g/mol. The lowest BCUT2D eigenvalue weighted by atomic mass is 10.1. The summed E-state index contributed by atoms with van der Waals surface area (Å²) in [6, 6.07) is 9.35. The molecule has 2 aromatic rings. The number of carbonyl (C=O) groups is 1. The minimum Gasteiger partial charge on any atom is -0.450 e. The van der Waals surface area contributed by atoms with Crippen LogP contribution in [0.25, 0.3) is 0 Å². The molecule has 6 heteroatoms. The zero-order valence-electron chi connectivity index (χ0n) is 11.6. The number of carbonyl (C=O) groups excluding carboxylic acids is 1. The largest absolute Gasteiger partial charge is 0.450 e. The number of primary amides is 1. The molecule has 0 radical (unpaired) electrons. The van der Waals surface area contributed by atoms with Gasteiger partial charge in [0, 0.05) is 11.6 Å². The summed E-state index contributed by atoms with van der Waals surface area (Å²) in [5.74, 6) is -0.125. The molecule has 1 amide bonds. The van der Waals surface area contributed by atoms with Crippen molar-refractivity contribution in [1.29, 1.82) is 0 Å². The molecule has 0 saturated heterocycles. The summed E-state index contributed by atoms with van der Waals surface area (Å²) in [7, 11) is 0. The van der Waals surface area contributed by atoms with Gasteiger partial charge in [0.15, 0.2) is 0 Å². The first-order valence-corrected chi connectivity index (χ1v) is 6.22. The van der Waals surface area contributed by atoms with Gasteiger partial charge in [0.05, 0.1) is 4.92 Å². The fourth-order valence-corrected chi connectivity index (χ4v) is 1.85. The molecular weight excluding hydrogens is 272 g/mol. The Hall–Kier alpha value is -2.89. The maximum Gasteiger partial charge on any atom is 0.312 e. The second kappa shape index (κ2) is 5.62. The molecule has 0 atom stereocenters. The molecule has 0 fully saturated rings. The average Bonchev–Trinajstić information content (AvgIpc) is 2.43. The first-order valence-electron chi connectivity index (χ1n) is 6.22. The smallest absolute Gasteiger partial charge is 0.312 e. The van der Waals surface area contributed by atoms with E-state index >= 15 is 0 Å². The van der Waals surface area contributed by atoms with E-state index in [9.17, 15) is 14.9 Å². The highest BCUT2D eigenvalue weighted by Crippen LogP contribution is 2.34. The number of nitrogens with zero attached hydrogens (tertiary/aromatic N) is 1. The number of rotatable bonds is 4. The molecule has 0 aliphatic heterocycles. The van der Waals surface area contributed by atoms with Crippen molar-refractivity contribution in [2.24, 2.45) is 5.73 Å². The predicted molar refractivity (Wildman–Crippen MR) is 77.6 cm³/mol. The maximum absolute atomic E-state index is 11.1. The summed E-state index contributed by atoms with van der Waals surface area (Å²) in [5.41, 5.74) is 6.80. The first kappa shape index (κ1) is 14.5. The molecular formula is C15H14N2O4. The van der Waals surface area contributed by atoms with Crippen LogP contribution in [0.4, 0.5) is 5.69 Å². The highest BCUT2D eigenvalue weighted by molar-refractivity contribution is 5.93. The topological polar surface area (TPSA) is 95.5 Å². The molecule has 2 rings (SSSR count). The number of aryl methyl sites for hydroxylation is 1. The van der Waals surface area contributed by atoms with Gasteiger partial charge in [0.1, 0.15) is 5.75 Å². The normalized spacial score (nSPS) is 10.2. The van der Waals surface area contributed by atoms with Gasteiger partial charge in [-0.1, -0.05) is 12.1 Å². The Kier molecular flexibility index (Phi) is 3.89. The van der Waals surface area contributed by atoms with Gasteiger partial charge < -0.3 is 10.5 Å². The van der Waals surface area contributed by atoms with E-state index in [1.807, 2.05) is 19.9 Å². The van der Waals surface area contributed by atoms with Crippen LogP contribution in [0.15, 0.2) is 36.4 Å². The van der Waals surface area contributed by atoms with Gasteiger partial charge in [-0.3, -0.25) is 14.9 Å². The number of nitro groups is 1. The molecule has 0 bridgehead atoms. The molecule has 2 aromatic carbocycles. The van der Waals surface area contributed by atoms with Crippen LogP contribution in [0.3, 0.4) is 0 Å². The minimum absolute atomic E-state index is 0.0648. The number of hydrogen-bond acceptors (Lipinski definition) is 4. The van der Waals surface area contributed by atoms with E-state index in [2.05, 4.69) is 0 Å². The summed E-state index contributed by atoms with van der Waals surface area (Å²) in [6.45, 7) is 3.79. The third kappa shape index (κ3) is 3.00. The van der Waals surface area contributed by atoms with Gasteiger partial charge in [0.2, 0.25) is 11.7 Å². The lowest BCUT2D eigenvalue weighted by Crippen LogP contribution is -2.11. The van der Waals surface area contributed by atoms with E-state index in [-0.39, 0.29) is 17.0 Å². The quantitative estimate of drug-likeness (QED) is 0.690. The second-order valence-corrected chi connectivity index (χ2v) is 4.60. The van der Waals surface area contributed by atoms with Crippen LogP contribution in [0.2, 0.25) is 0 Å². The minimum atomic E-state index is -0.726. The van der Waals surface area contributed by atoms with Gasteiger partial charge in [-0.25, -0.2) is 0 Å². The standard InChI is InChI=1S/C15H14N2O4/c1-9-4-3-5-13(10(9)2)21-14-7-6-11(15(16)18)8-12(14)17(19)20/h3-8H,1-2H3,(H2,16,18). The van der Waals surface area contributed by atoms with E-state index in [0.717, 1.165) is 17.2 Å². The van der Waals surface area contributed by atoms with Crippen LogP contribution in [0.1, 0.15) is 21.5 Å². The maximum atomic E-state index is 11.1. The summed E-state index contributed by atoms with van der Waals surface area (Å²) in [5, 5.41) is 11.1. The van der Waals surface area contributed by atoms with Crippen molar-refractivity contribution in [2.75, 3.05) is 0 Å². The Morgan fingerprint density at radius 2 is 1.90 bits per heavy atom. The van der Waals surface area contributed by atoms with Crippen LogP contribution in [0, 0.1) is 24.0 Å². The van der Waals surface area contributed by atoms with E-state index in [1.165, 1.54) is 12.1 Å². The van der Waals surface area contributed by atoms with E-state index in [0.29, 0.717) is 5.75 Å². The van der Waals surface area contributed by atoms with Crippen molar-refractivity contribution in [3.05, 3.63) is 63.2 Å². The van der Waals surface area contributed by atoms with E-state index < -0.39 is 10.8 Å². The van der Waals surface area contributed by atoms with Gasteiger partial charge in [-0.05, 0) is 43.2 Å². The lowest BCUT2D eigenvalue weighted by Gasteiger charge is -2.11. The zero-order chi connectivity index (χ0) is 15.6. The lowest BCUT2D eigenvalue weighted by molar-refractivity contribution is -0.385. The molecule has 0 aliphatic carbocycles. The van der Waals surface area contributed by atoms with Crippen LogP contribution >= 0.6 is 0 Å². The summed E-state index contributed by atoms with van der Waals surface area (Å²) in [6.07, 6.45) is 0. The van der Waals surface area contributed by atoms with E-state index in [4.69, 9.17) is 10.5 Å². The van der Waals surface area contributed by atoms with Crippen molar-refractivity contribution in [3.63, 3.8) is 0 Å². The SMILES string of the molecule is Cc1cccc(Oc2ccc(C(N)=O)cc2[N+](=O)[O-])c1C. The van der Waals surface area contributed by atoms with Gasteiger partial charge in [-0.15, -0.1) is 0 Å². The first-order chi connectivity index (χ1) is 9.90. The summed E-state index contributed by atoms with van der Waals surface area (Å²) >= 11 is 0. The molecule has 0 saturated carbocycles. The van der Waals surface area contributed by atoms with Crippen molar-refractivity contribution in [2.45, 2.75) is 13.8 Å². The number of hydrogen-bond donors (Lipinski definition) is 1. The summed E-state index contributed by atoms with van der Waals surface area (Å²) in [4.78, 5) is 21.6. The van der Waals surface area contributed by atoms with Gasteiger partial charge in [-0.2, -0.15) is 0 Å². The fourth-order valence-electron chi connectivity index (χ4n) is 1.85. The zero-order valence-corrected chi connectivity index (χ0v) is 11.6. The van der Waals surface area contributed by atoms with Crippen molar-refractivity contribution in [1.82, 2.24) is 0 Å². The molecule has 0 aliphatic rings. The number of amides is 1. The van der Waals surface area contributed by atoms with Crippen LogP contribution in [0.5, 0.6) is 11.5 Å². The number of benzene rings is 2. The summed E-state index contributed by atoms with van der Waals surface area (Å²) < 4.78 is 5.62. The van der Waals surface area contributed by atoms with Gasteiger partial charge >= 0.3 is 5.69 Å². The van der Waals surface area contributed by atoms with Gasteiger partial charge in [0.25, 0.3) is 0 Å². The molecule has 0 spiro atoms. The number of nitro benzene ring substituents is 1. The number of nitrogens with two attached hydrogens (primary N) is 1. The highest BCUT2D eigenvalue weighted by Gasteiger charge is 2.19. The molecule has 0 heterocycles. The molecule has 6 nitrogen and oxygen atoms in total. The molecule has 0 aromatic heterocycles. The van der Waals surface area contributed by atoms with Crippen molar-refractivity contribution < 1.29 is 14.5 Å². The molecule has 108 valence electrons. The Labute approximate surface area is 121 Å². The molecule has 21 heavy (non-hydrogen) atoms. The van der Waals surface area contributed by atoms with Crippen LogP contribution in [-0.2, 0) is 0 Å².